The minimum absolute atomic E-state index is 0.0490. The molecular formula is C45H48ClF2N11O6S3. The number of anilines is 2. The number of amides is 2. The molecule has 0 saturated carbocycles. The number of sulfonamides is 1. The van der Waals surface area contributed by atoms with Crippen molar-refractivity contribution in [2.24, 2.45) is 5.92 Å². The zero-order valence-corrected chi connectivity index (χ0v) is 40.0. The Kier molecular flexibility index (Phi) is 16.3. The number of ketones is 1. The van der Waals surface area contributed by atoms with Crippen LogP contribution in [0, 0.1) is 17.6 Å². The van der Waals surface area contributed by atoms with Crippen molar-refractivity contribution in [2.45, 2.75) is 19.5 Å². The fourth-order valence-electron chi connectivity index (χ4n) is 7.07. The Morgan fingerprint density at radius 2 is 1.71 bits per heavy atom. The zero-order chi connectivity index (χ0) is 48.5. The largest absolute Gasteiger partial charge is 0.382 e. The maximum Gasteiger partial charge on any atom is 0.328 e. The van der Waals surface area contributed by atoms with Crippen molar-refractivity contribution in [3.8, 4) is 11.1 Å². The van der Waals surface area contributed by atoms with Gasteiger partial charge in [-0.1, -0.05) is 48.0 Å². The number of nitrogen functional groups attached to an aromatic ring is 1. The number of hydrogen-bond acceptors (Lipinski definition) is 12. The number of thioether (sulfide) groups is 2. The Bertz CT molecular complexity index is 3100. The number of carbonyl (C=O) groups excluding carboxylic acids is 3. The summed E-state index contributed by atoms with van der Waals surface area (Å²) >= 11 is 8.81. The van der Waals surface area contributed by atoms with Crippen molar-refractivity contribution in [3.63, 3.8) is 0 Å². The number of aromatic nitrogens is 6. The lowest BCUT2D eigenvalue weighted by atomic mass is 10.00. The lowest BCUT2D eigenvalue weighted by Crippen LogP contribution is -2.37. The monoisotopic (exact) mass is 1010 g/mol. The summed E-state index contributed by atoms with van der Waals surface area (Å²) in [6, 6.07) is 17.7. The van der Waals surface area contributed by atoms with Gasteiger partial charge in [0.2, 0.25) is 27.6 Å². The molecule has 7 rings (SSSR count). The van der Waals surface area contributed by atoms with Crippen molar-refractivity contribution in [2.75, 3.05) is 66.4 Å². The summed E-state index contributed by atoms with van der Waals surface area (Å²) in [6.45, 7) is 1.47. The molecule has 0 aliphatic carbocycles. The minimum Gasteiger partial charge on any atom is -0.382 e. The molecule has 2 amide bonds. The predicted molar refractivity (Wildman–Crippen MR) is 265 cm³/mol. The molecule has 0 radical (unpaired) electrons. The lowest BCUT2D eigenvalue weighted by Gasteiger charge is -2.17. The number of nitrogens with zero attached hydrogens (tertiary/aromatic N) is 4. The molecule has 0 aliphatic heterocycles. The van der Waals surface area contributed by atoms with Gasteiger partial charge in [0.15, 0.2) is 11.5 Å². The van der Waals surface area contributed by atoms with Crippen LogP contribution in [-0.2, 0) is 32.7 Å². The summed E-state index contributed by atoms with van der Waals surface area (Å²) in [5.41, 5.74) is 8.12. The van der Waals surface area contributed by atoms with E-state index >= 15 is 8.78 Å². The number of H-pyrrole nitrogens is 3. The van der Waals surface area contributed by atoms with E-state index in [1.165, 1.54) is 22.5 Å². The topological polar surface area (TPSA) is 246 Å². The van der Waals surface area contributed by atoms with Crippen LogP contribution in [0.5, 0.6) is 0 Å². The van der Waals surface area contributed by atoms with Gasteiger partial charge in [-0.3, -0.25) is 28.8 Å². The Hall–Kier alpha value is -6.20. The molecule has 1 atom stereocenters. The van der Waals surface area contributed by atoms with Crippen LogP contribution in [0.4, 0.5) is 20.3 Å². The lowest BCUT2D eigenvalue weighted by molar-refractivity contribution is -0.129. The summed E-state index contributed by atoms with van der Waals surface area (Å²) in [7, 11) is -0.273. The average Bonchev–Trinajstić information content (AvgIpc) is 3.99. The third kappa shape index (κ3) is 12.5. The smallest absolute Gasteiger partial charge is 0.328 e. The standard InChI is InChI=1S/C45H48ClF2N11O6S3/c1-58(2)14-16-67-25-30(20-36(60)51-21-26-3-5-27(6-4-26)24-59-43-39(54-45(59)63)41(49)55-56-43)44(62)50-13-15-66-17-18-68(64,65)57-35-12-11-34(47)37(38(35)48)40(61)33-23-53-42-32(33)19-29(22-52-42)28-7-9-31(46)10-8-28/h3-12,19,22-23,30,57H,13-18,20-21,24-25H2,1-2H3,(H,50,62)(H,51,60)(H,52,53)(H,54,63)(H3,49,55,56). The third-order valence-electron chi connectivity index (χ3n) is 10.7. The maximum absolute atomic E-state index is 15.8. The maximum atomic E-state index is 15.8. The Balaban J connectivity index is 0.878. The molecular weight excluding hydrogens is 960 g/mol. The molecule has 1 unspecified atom stereocenters. The number of rotatable bonds is 23. The first-order valence-corrected chi connectivity index (χ1v) is 25.5. The van der Waals surface area contributed by atoms with E-state index in [0.717, 1.165) is 41.1 Å². The molecule has 0 saturated heterocycles. The number of halogens is 3. The van der Waals surface area contributed by atoms with E-state index in [2.05, 4.69) is 40.5 Å². The Morgan fingerprint density at radius 3 is 2.46 bits per heavy atom. The highest BCUT2D eigenvalue weighted by molar-refractivity contribution is 8.00. The number of benzene rings is 3. The number of pyridine rings is 1. The quantitative estimate of drug-likeness (QED) is 0.0306. The summed E-state index contributed by atoms with van der Waals surface area (Å²) in [6.07, 6.45) is 2.82. The molecule has 23 heteroatoms. The van der Waals surface area contributed by atoms with Crippen LogP contribution in [0.1, 0.15) is 33.5 Å². The van der Waals surface area contributed by atoms with Gasteiger partial charge in [0.05, 0.1) is 29.5 Å². The molecule has 17 nitrogen and oxygen atoms in total. The molecule has 68 heavy (non-hydrogen) atoms. The molecule has 8 N–H and O–H groups in total. The number of nitrogens with two attached hydrogens (primary N) is 1. The first kappa shape index (κ1) is 49.7. The fraction of sp³-hybridized carbons (Fsp3) is 0.289. The van der Waals surface area contributed by atoms with Crippen molar-refractivity contribution in [1.29, 1.82) is 0 Å². The highest BCUT2D eigenvalue weighted by atomic mass is 35.5. The van der Waals surface area contributed by atoms with Crippen LogP contribution < -0.4 is 26.8 Å². The molecule has 4 aromatic heterocycles. The van der Waals surface area contributed by atoms with Gasteiger partial charge >= 0.3 is 5.69 Å². The second kappa shape index (κ2) is 22.3. The van der Waals surface area contributed by atoms with Gasteiger partial charge in [-0.25, -0.2) is 27.0 Å². The number of aromatic amines is 3. The summed E-state index contributed by atoms with van der Waals surface area (Å²) in [5.74, 6) is -3.40. The van der Waals surface area contributed by atoms with Gasteiger partial charge in [0, 0.05) is 83.0 Å². The SMILES string of the molecule is CN(C)CCSCC(CC(=O)NCc1ccc(Cn2c(=O)[nH]c3c(N)[nH]nc32)cc1)C(=O)NCCSCCS(=O)(=O)Nc1ccc(F)c(C(=O)c2c[nH]c3ncc(-c4ccc(Cl)cc4)cc23)c1F. The number of imidazole rings is 1. The van der Waals surface area contributed by atoms with Crippen LogP contribution in [0.3, 0.4) is 0 Å². The molecule has 3 aromatic carbocycles. The van der Waals surface area contributed by atoms with Gasteiger partial charge in [0.1, 0.15) is 22.8 Å². The highest BCUT2D eigenvalue weighted by Gasteiger charge is 2.27. The van der Waals surface area contributed by atoms with E-state index < -0.39 is 50.4 Å². The van der Waals surface area contributed by atoms with E-state index in [1.54, 1.807) is 48.3 Å². The molecule has 4 heterocycles. The number of fused-ring (bicyclic) bond motifs is 2. The molecule has 7 aromatic rings. The first-order valence-electron chi connectivity index (χ1n) is 21.2. The van der Waals surface area contributed by atoms with Crippen molar-refractivity contribution in [3.05, 3.63) is 129 Å². The summed E-state index contributed by atoms with van der Waals surface area (Å²) in [5, 5.41) is 13.3. The Labute approximate surface area is 402 Å². The molecule has 0 fully saturated rings. The Morgan fingerprint density at radius 1 is 0.956 bits per heavy atom. The third-order valence-corrected chi connectivity index (χ3v) is 14.6. The number of nitrogens with one attached hydrogen (secondary N) is 6. The highest BCUT2D eigenvalue weighted by Crippen LogP contribution is 2.30. The minimum atomic E-state index is -4.17. The van der Waals surface area contributed by atoms with Crippen molar-refractivity contribution < 1.29 is 31.6 Å². The van der Waals surface area contributed by atoms with E-state index in [9.17, 15) is 27.6 Å². The van der Waals surface area contributed by atoms with Crippen LogP contribution in [0.15, 0.2) is 83.9 Å². The fourth-order valence-corrected chi connectivity index (χ4v) is 10.8. The van der Waals surface area contributed by atoms with Crippen LogP contribution >= 0.6 is 35.1 Å². The summed E-state index contributed by atoms with van der Waals surface area (Å²) < 4.78 is 60.7. The van der Waals surface area contributed by atoms with Gasteiger partial charge in [0.25, 0.3) is 0 Å². The van der Waals surface area contributed by atoms with E-state index in [4.69, 9.17) is 17.3 Å². The van der Waals surface area contributed by atoms with Crippen LogP contribution in [-0.4, -0.2) is 117 Å². The van der Waals surface area contributed by atoms with E-state index in [1.807, 2.05) is 43.3 Å². The second-order valence-electron chi connectivity index (χ2n) is 16.0. The second-order valence-corrected chi connectivity index (χ2v) is 20.6. The molecule has 0 spiro atoms. The first-order chi connectivity index (χ1) is 32.6. The normalized spacial score (nSPS) is 12.2. The van der Waals surface area contributed by atoms with Gasteiger partial charge in [-0.2, -0.15) is 28.6 Å². The average molecular weight is 1010 g/mol. The van der Waals surface area contributed by atoms with E-state index in [-0.39, 0.29) is 60.7 Å². The van der Waals surface area contributed by atoms with Gasteiger partial charge in [-0.15, -0.1) is 0 Å². The number of hydrogen-bond donors (Lipinski definition) is 7. The van der Waals surface area contributed by atoms with Crippen molar-refractivity contribution >= 4 is 96.4 Å². The number of carbonyl (C=O) groups is 3. The van der Waals surface area contributed by atoms with Crippen molar-refractivity contribution in [1.82, 2.24) is 45.2 Å². The molecule has 0 aliphatic rings. The summed E-state index contributed by atoms with van der Waals surface area (Å²) in [4.78, 5) is 64.4. The zero-order valence-electron chi connectivity index (χ0n) is 36.8. The van der Waals surface area contributed by atoms with E-state index in [0.29, 0.717) is 44.3 Å². The van der Waals surface area contributed by atoms with Gasteiger partial charge < -0.3 is 31.2 Å². The molecule has 358 valence electrons. The predicted octanol–water partition coefficient (Wildman–Crippen LogP) is 5.60. The molecule has 0 bridgehead atoms. The van der Waals surface area contributed by atoms with Crippen LogP contribution in [0.25, 0.3) is 33.3 Å². The van der Waals surface area contributed by atoms with Gasteiger partial charge in [-0.05, 0) is 61.1 Å². The van der Waals surface area contributed by atoms with Crippen LogP contribution in [0.2, 0.25) is 5.02 Å².